The van der Waals surface area contributed by atoms with Gasteiger partial charge in [-0.05, 0) is 46.6 Å². The highest BCUT2D eigenvalue weighted by atomic mass is 79.9. The molecule has 0 saturated carbocycles. The van der Waals surface area contributed by atoms with Crippen molar-refractivity contribution in [2.75, 3.05) is 25.6 Å². The number of hydrogen-bond donors (Lipinski definition) is 1. The Hall–Kier alpha value is -2.45. The normalized spacial score (nSPS) is 10.4. The third kappa shape index (κ3) is 5.01. The van der Waals surface area contributed by atoms with E-state index in [2.05, 4.69) is 21.2 Å². The molecule has 0 unspecified atom stereocenters. The predicted octanol–water partition coefficient (Wildman–Crippen LogP) is 3.94. The first kappa shape index (κ1) is 18.9. The number of nitrogens with one attached hydrogen (secondary N) is 1. The summed E-state index contributed by atoms with van der Waals surface area (Å²) in [6, 6.07) is 9.25. The number of hydrogen-bond acceptors (Lipinski definition) is 5. The van der Waals surface area contributed by atoms with Gasteiger partial charge in [-0.2, -0.15) is 0 Å². The molecule has 132 valence electrons. The van der Waals surface area contributed by atoms with Gasteiger partial charge < -0.3 is 14.8 Å². The van der Waals surface area contributed by atoms with Crippen LogP contribution in [0.25, 0.3) is 0 Å². The topological polar surface area (TPSA) is 90.7 Å². The second-order valence-corrected chi connectivity index (χ2v) is 6.05. The molecule has 0 saturated heterocycles. The minimum atomic E-state index is -0.502. The van der Waals surface area contributed by atoms with Gasteiger partial charge >= 0.3 is 0 Å². The molecule has 0 aliphatic rings. The molecule has 2 rings (SSSR count). The van der Waals surface area contributed by atoms with Gasteiger partial charge in [0.05, 0.1) is 21.7 Å². The molecule has 25 heavy (non-hydrogen) atoms. The van der Waals surface area contributed by atoms with Crippen molar-refractivity contribution in [3.05, 3.63) is 62.1 Å². The SMILES string of the molecule is COCCOc1ccc(C(=O)Nc2cc([N+](=O)[O-])ccc2C)cc1Br. The Morgan fingerprint density at radius 1 is 1.24 bits per heavy atom. The fourth-order valence-corrected chi connectivity index (χ4v) is 2.54. The first-order valence-electron chi connectivity index (χ1n) is 7.40. The molecular formula is C17H17BrN2O5. The van der Waals surface area contributed by atoms with E-state index in [4.69, 9.17) is 9.47 Å². The first-order valence-corrected chi connectivity index (χ1v) is 8.19. The lowest BCUT2D eigenvalue weighted by atomic mass is 10.1. The second kappa shape index (κ2) is 8.59. The van der Waals surface area contributed by atoms with Gasteiger partial charge in [0.2, 0.25) is 0 Å². The summed E-state index contributed by atoms with van der Waals surface area (Å²) in [7, 11) is 1.59. The summed E-state index contributed by atoms with van der Waals surface area (Å²) in [5.41, 5.74) is 1.45. The van der Waals surface area contributed by atoms with Crippen LogP contribution in [0, 0.1) is 17.0 Å². The van der Waals surface area contributed by atoms with Crippen molar-refractivity contribution in [1.29, 1.82) is 0 Å². The van der Waals surface area contributed by atoms with Crippen molar-refractivity contribution >= 4 is 33.2 Å². The number of carbonyl (C=O) groups is 1. The zero-order valence-corrected chi connectivity index (χ0v) is 15.3. The molecule has 0 aliphatic heterocycles. The molecule has 2 aromatic carbocycles. The molecule has 1 amide bonds. The second-order valence-electron chi connectivity index (χ2n) is 5.20. The summed E-state index contributed by atoms with van der Waals surface area (Å²) in [5, 5.41) is 13.6. The molecule has 8 heteroatoms. The third-order valence-electron chi connectivity index (χ3n) is 3.42. The molecule has 0 spiro atoms. The molecular weight excluding hydrogens is 392 g/mol. The average molecular weight is 409 g/mol. The molecule has 0 bridgehead atoms. The number of rotatable bonds is 7. The van der Waals surface area contributed by atoms with Crippen LogP contribution < -0.4 is 10.1 Å². The van der Waals surface area contributed by atoms with Crippen LogP contribution in [-0.4, -0.2) is 31.2 Å². The van der Waals surface area contributed by atoms with Crippen molar-refractivity contribution in [2.24, 2.45) is 0 Å². The molecule has 0 fully saturated rings. The van der Waals surface area contributed by atoms with Crippen LogP contribution in [-0.2, 0) is 4.74 Å². The average Bonchev–Trinajstić information content (AvgIpc) is 2.58. The highest BCUT2D eigenvalue weighted by molar-refractivity contribution is 9.10. The number of non-ortho nitro benzene ring substituents is 1. The fourth-order valence-electron chi connectivity index (χ4n) is 2.05. The van der Waals surface area contributed by atoms with Crippen LogP contribution >= 0.6 is 15.9 Å². The van der Waals surface area contributed by atoms with Gasteiger partial charge in [0.25, 0.3) is 11.6 Å². The number of nitrogens with zero attached hydrogens (tertiary/aromatic N) is 1. The van der Waals surface area contributed by atoms with Crippen LogP contribution in [0.3, 0.4) is 0 Å². The van der Waals surface area contributed by atoms with Crippen LogP contribution in [0.2, 0.25) is 0 Å². The molecule has 2 aromatic rings. The summed E-state index contributed by atoms with van der Waals surface area (Å²) in [5.74, 6) is 0.230. The number of benzene rings is 2. The van der Waals surface area contributed by atoms with Gasteiger partial charge in [-0.3, -0.25) is 14.9 Å². The monoisotopic (exact) mass is 408 g/mol. The van der Waals surface area contributed by atoms with Gasteiger partial charge in [0, 0.05) is 24.8 Å². The zero-order valence-electron chi connectivity index (χ0n) is 13.7. The number of ether oxygens (including phenoxy) is 2. The highest BCUT2D eigenvalue weighted by Gasteiger charge is 2.13. The van der Waals surface area contributed by atoms with Crippen molar-refractivity contribution in [2.45, 2.75) is 6.92 Å². The minimum Gasteiger partial charge on any atom is -0.490 e. The van der Waals surface area contributed by atoms with E-state index in [-0.39, 0.29) is 11.6 Å². The molecule has 0 aromatic heterocycles. The number of aryl methyl sites for hydroxylation is 1. The highest BCUT2D eigenvalue weighted by Crippen LogP contribution is 2.27. The Kier molecular flexibility index (Phi) is 6.49. The van der Waals surface area contributed by atoms with Gasteiger partial charge in [-0.15, -0.1) is 0 Å². The van der Waals surface area contributed by atoms with Crippen molar-refractivity contribution in [3.63, 3.8) is 0 Å². The number of anilines is 1. The van der Waals surface area contributed by atoms with E-state index in [1.165, 1.54) is 12.1 Å². The van der Waals surface area contributed by atoms with Crippen LogP contribution in [0.5, 0.6) is 5.75 Å². The number of carbonyl (C=O) groups excluding carboxylic acids is 1. The summed E-state index contributed by atoms with van der Waals surface area (Å²) in [4.78, 5) is 22.8. The van der Waals surface area contributed by atoms with Crippen LogP contribution in [0.1, 0.15) is 15.9 Å². The number of amides is 1. The molecule has 0 radical (unpaired) electrons. The van der Waals surface area contributed by atoms with Gasteiger partial charge in [0.1, 0.15) is 12.4 Å². The van der Waals surface area contributed by atoms with E-state index in [0.717, 1.165) is 5.56 Å². The smallest absolute Gasteiger partial charge is 0.271 e. The largest absolute Gasteiger partial charge is 0.490 e. The number of nitro benzene ring substituents is 1. The molecule has 0 atom stereocenters. The maximum Gasteiger partial charge on any atom is 0.271 e. The van der Waals surface area contributed by atoms with Crippen molar-refractivity contribution in [3.8, 4) is 5.75 Å². The summed E-state index contributed by atoms with van der Waals surface area (Å²) >= 11 is 3.36. The fraction of sp³-hybridized carbons (Fsp3) is 0.235. The Labute approximate surface area is 153 Å². The number of halogens is 1. The Morgan fingerprint density at radius 3 is 2.64 bits per heavy atom. The molecule has 0 aliphatic carbocycles. The van der Waals surface area contributed by atoms with E-state index in [0.29, 0.717) is 34.7 Å². The van der Waals surface area contributed by atoms with E-state index >= 15 is 0 Å². The molecule has 1 N–H and O–H groups in total. The number of nitro groups is 1. The Morgan fingerprint density at radius 2 is 2.00 bits per heavy atom. The molecule has 0 heterocycles. The Bertz CT molecular complexity index is 795. The molecule has 7 nitrogen and oxygen atoms in total. The summed E-state index contributed by atoms with van der Waals surface area (Å²) < 4.78 is 11.1. The minimum absolute atomic E-state index is 0.0797. The van der Waals surface area contributed by atoms with Crippen molar-refractivity contribution < 1.29 is 19.2 Å². The quantitative estimate of drug-likeness (QED) is 0.425. The van der Waals surface area contributed by atoms with Gasteiger partial charge in [0.15, 0.2) is 0 Å². The first-order chi connectivity index (χ1) is 11.9. The maximum atomic E-state index is 12.4. The van der Waals surface area contributed by atoms with E-state index in [1.807, 2.05) is 0 Å². The van der Waals surface area contributed by atoms with Gasteiger partial charge in [-0.1, -0.05) is 6.07 Å². The lowest BCUT2D eigenvalue weighted by Crippen LogP contribution is -2.13. The van der Waals surface area contributed by atoms with Crippen LogP contribution in [0.15, 0.2) is 40.9 Å². The van der Waals surface area contributed by atoms with E-state index in [9.17, 15) is 14.9 Å². The predicted molar refractivity (Wildman–Crippen MR) is 97.3 cm³/mol. The van der Waals surface area contributed by atoms with E-state index in [1.54, 1.807) is 38.3 Å². The summed E-state index contributed by atoms with van der Waals surface area (Å²) in [6.07, 6.45) is 0. The van der Waals surface area contributed by atoms with Gasteiger partial charge in [-0.25, -0.2) is 0 Å². The lowest BCUT2D eigenvalue weighted by molar-refractivity contribution is -0.384. The third-order valence-corrected chi connectivity index (χ3v) is 4.04. The van der Waals surface area contributed by atoms with E-state index < -0.39 is 4.92 Å². The van der Waals surface area contributed by atoms with Crippen LogP contribution in [0.4, 0.5) is 11.4 Å². The standard InChI is InChI=1S/C17H17BrN2O5/c1-11-3-5-13(20(22)23)10-15(11)19-17(21)12-4-6-16(14(18)9-12)25-8-7-24-2/h3-6,9-10H,7-8H2,1-2H3,(H,19,21). The lowest BCUT2D eigenvalue weighted by Gasteiger charge is -2.11. The zero-order chi connectivity index (χ0) is 18.4. The number of methoxy groups -OCH3 is 1. The van der Waals surface area contributed by atoms with Crippen molar-refractivity contribution in [1.82, 2.24) is 0 Å². The summed E-state index contributed by atoms with van der Waals surface area (Å²) in [6.45, 7) is 2.62. The Balaban J connectivity index is 2.14. The maximum absolute atomic E-state index is 12.4.